The molecule has 3 amide bonds. The van der Waals surface area contributed by atoms with Gasteiger partial charge in [0.15, 0.2) is 0 Å². The molecule has 2 aromatic carbocycles. The van der Waals surface area contributed by atoms with Gasteiger partial charge in [0, 0.05) is 17.5 Å². The number of amides is 3. The fraction of sp³-hybridized carbons (Fsp3) is 0.471. The zero-order valence-electron chi connectivity index (χ0n) is 26.7. The normalized spacial score (nSPS) is 18.8. The SMILES string of the molecule is CCC(C)[C@H](NC(=O)Cc1ccccc1F)C(=O)N[C@]1(C(=O)N[C@@H](C(=O)O)C(C)CC)CCc2[nH]c3c(C(F)(F)F)cccc3c2C1. The Morgan fingerprint density at radius 3 is 2.23 bits per heavy atom. The number of carboxylic acid groups (broad SMARTS) is 1. The number of alkyl halides is 3. The summed E-state index contributed by atoms with van der Waals surface area (Å²) in [5.74, 6) is -4.92. The van der Waals surface area contributed by atoms with Crippen LogP contribution in [0.3, 0.4) is 0 Å². The number of fused-ring (bicyclic) bond motifs is 3. The molecule has 0 fully saturated rings. The summed E-state index contributed by atoms with van der Waals surface area (Å²) >= 11 is 0. The summed E-state index contributed by atoms with van der Waals surface area (Å²) in [6, 6.07) is 7.00. The molecule has 254 valence electrons. The molecule has 47 heavy (non-hydrogen) atoms. The first-order chi connectivity index (χ1) is 22.1. The molecule has 0 spiro atoms. The maximum absolute atomic E-state index is 14.2. The molecular formula is C34H40F4N4O5. The van der Waals surface area contributed by atoms with Gasteiger partial charge in [0.05, 0.1) is 17.5 Å². The number of carbonyl (C=O) groups is 4. The molecule has 0 radical (unpaired) electrons. The van der Waals surface area contributed by atoms with Crippen molar-refractivity contribution in [2.24, 2.45) is 11.8 Å². The molecule has 5 atom stereocenters. The van der Waals surface area contributed by atoms with Crippen LogP contribution in [0, 0.1) is 17.7 Å². The quantitative estimate of drug-likeness (QED) is 0.173. The van der Waals surface area contributed by atoms with E-state index in [0.29, 0.717) is 24.1 Å². The van der Waals surface area contributed by atoms with Crippen LogP contribution in [0.25, 0.3) is 10.9 Å². The standard InChI is InChI=1S/C34H40F4N4O5/c1-5-18(3)27(40-26(43)16-20-10-7-8-13-24(20)35)30(44)42-33(32(47)41-28(31(45)46)19(4)6-2)15-14-25-22(17-33)21-11-9-12-23(29(21)39-25)34(36,37)38/h7-13,18-19,27-28,39H,5-6,14-17H2,1-4H3,(H,40,43)(H,41,47)(H,42,44)(H,45,46)/t18?,19?,27-,28+,33+/m0/s1. The number of carbonyl (C=O) groups excluding carboxylic acids is 3. The van der Waals surface area contributed by atoms with Gasteiger partial charge in [-0.2, -0.15) is 13.2 Å². The number of H-pyrrole nitrogens is 1. The lowest BCUT2D eigenvalue weighted by atomic mass is 9.78. The number of aliphatic carboxylic acids is 1. The number of nitrogens with one attached hydrogen (secondary N) is 4. The Morgan fingerprint density at radius 1 is 0.957 bits per heavy atom. The number of aromatic nitrogens is 1. The number of aryl methyl sites for hydroxylation is 1. The van der Waals surface area contributed by atoms with E-state index in [9.17, 15) is 41.8 Å². The maximum Gasteiger partial charge on any atom is 0.418 e. The minimum absolute atomic E-state index is 0.0605. The van der Waals surface area contributed by atoms with Crippen molar-refractivity contribution in [3.8, 4) is 0 Å². The fourth-order valence-electron chi connectivity index (χ4n) is 6.08. The molecule has 9 nitrogen and oxygen atoms in total. The van der Waals surface area contributed by atoms with Crippen molar-refractivity contribution < 1.29 is 41.8 Å². The number of hydrogen-bond donors (Lipinski definition) is 5. The van der Waals surface area contributed by atoms with Gasteiger partial charge in [-0.15, -0.1) is 0 Å². The lowest BCUT2D eigenvalue weighted by Gasteiger charge is -2.39. The highest BCUT2D eigenvalue weighted by Gasteiger charge is 2.47. The summed E-state index contributed by atoms with van der Waals surface area (Å²) < 4.78 is 55.9. The summed E-state index contributed by atoms with van der Waals surface area (Å²) in [7, 11) is 0. The van der Waals surface area contributed by atoms with Crippen molar-refractivity contribution >= 4 is 34.6 Å². The second kappa shape index (κ2) is 14.1. The molecule has 0 saturated carbocycles. The van der Waals surface area contributed by atoms with Crippen LogP contribution in [-0.4, -0.2) is 51.4 Å². The molecule has 0 aliphatic heterocycles. The van der Waals surface area contributed by atoms with Crippen LogP contribution in [-0.2, 0) is 44.6 Å². The minimum Gasteiger partial charge on any atom is -0.480 e. The summed E-state index contributed by atoms with van der Waals surface area (Å²) in [5, 5.41) is 18.2. The molecular weight excluding hydrogens is 620 g/mol. The van der Waals surface area contributed by atoms with Gasteiger partial charge in [-0.3, -0.25) is 14.4 Å². The first-order valence-corrected chi connectivity index (χ1v) is 15.7. The van der Waals surface area contributed by atoms with Crippen molar-refractivity contribution in [2.45, 2.75) is 90.0 Å². The van der Waals surface area contributed by atoms with Gasteiger partial charge >= 0.3 is 12.1 Å². The van der Waals surface area contributed by atoms with Gasteiger partial charge in [-0.25, -0.2) is 9.18 Å². The van der Waals surface area contributed by atoms with Crippen LogP contribution in [0.4, 0.5) is 17.6 Å². The van der Waals surface area contributed by atoms with E-state index in [1.165, 1.54) is 30.3 Å². The number of carboxylic acids is 1. The van der Waals surface area contributed by atoms with Crippen molar-refractivity contribution in [1.82, 2.24) is 20.9 Å². The third kappa shape index (κ3) is 7.60. The molecule has 1 aromatic heterocycles. The Kier molecular flexibility index (Phi) is 10.7. The maximum atomic E-state index is 14.2. The Balaban J connectivity index is 1.72. The molecule has 13 heteroatoms. The number of para-hydroxylation sites is 1. The first kappa shape index (κ1) is 35.4. The lowest BCUT2D eigenvalue weighted by molar-refractivity contribution is -0.145. The topological polar surface area (TPSA) is 140 Å². The molecule has 5 N–H and O–H groups in total. The van der Waals surface area contributed by atoms with E-state index in [0.717, 1.165) is 6.07 Å². The Labute approximate surface area is 269 Å². The molecule has 4 rings (SSSR count). The number of aromatic amines is 1. The van der Waals surface area contributed by atoms with E-state index >= 15 is 0 Å². The van der Waals surface area contributed by atoms with Crippen LogP contribution in [0.5, 0.6) is 0 Å². The van der Waals surface area contributed by atoms with E-state index in [1.54, 1.807) is 33.8 Å². The van der Waals surface area contributed by atoms with Crippen molar-refractivity contribution in [3.63, 3.8) is 0 Å². The Morgan fingerprint density at radius 2 is 1.62 bits per heavy atom. The van der Waals surface area contributed by atoms with Crippen LogP contribution in [0.15, 0.2) is 42.5 Å². The van der Waals surface area contributed by atoms with Crippen LogP contribution < -0.4 is 16.0 Å². The molecule has 1 aliphatic carbocycles. The first-order valence-electron chi connectivity index (χ1n) is 15.7. The van der Waals surface area contributed by atoms with Gasteiger partial charge in [0.1, 0.15) is 23.4 Å². The third-order valence-electron chi connectivity index (χ3n) is 9.30. The fourth-order valence-corrected chi connectivity index (χ4v) is 6.08. The Bertz CT molecular complexity index is 1650. The van der Waals surface area contributed by atoms with Crippen molar-refractivity contribution in [1.29, 1.82) is 0 Å². The molecule has 3 aromatic rings. The zero-order chi connectivity index (χ0) is 34.7. The number of benzene rings is 2. The van der Waals surface area contributed by atoms with Crippen LogP contribution in [0.2, 0.25) is 0 Å². The summed E-state index contributed by atoms with van der Waals surface area (Å²) in [4.78, 5) is 56.2. The van der Waals surface area contributed by atoms with Crippen LogP contribution >= 0.6 is 0 Å². The number of rotatable bonds is 12. The summed E-state index contributed by atoms with van der Waals surface area (Å²) in [6.07, 6.45) is -4.34. The van der Waals surface area contributed by atoms with Gasteiger partial charge in [-0.05, 0) is 47.9 Å². The molecule has 2 unspecified atom stereocenters. The second-order valence-corrected chi connectivity index (χ2v) is 12.4. The monoisotopic (exact) mass is 660 g/mol. The average Bonchev–Trinajstić information content (AvgIpc) is 3.39. The van der Waals surface area contributed by atoms with E-state index in [1.807, 2.05) is 0 Å². The highest BCUT2D eigenvalue weighted by atomic mass is 19.4. The second-order valence-electron chi connectivity index (χ2n) is 12.4. The van der Waals surface area contributed by atoms with Gasteiger partial charge in [0.2, 0.25) is 17.7 Å². The van der Waals surface area contributed by atoms with E-state index in [-0.39, 0.29) is 42.1 Å². The predicted octanol–water partition coefficient (Wildman–Crippen LogP) is 5.06. The van der Waals surface area contributed by atoms with Gasteiger partial charge in [0.25, 0.3) is 0 Å². The zero-order valence-corrected chi connectivity index (χ0v) is 26.7. The van der Waals surface area contributed by atoms with E-state index < -0.39 is 70.7 Å². The molecule has 1 aliphatic rings. The Hall–Kier alpha value is -4.42. The lowest BCUT2D eigenvalue weighted by Crippen LogP contribution is -2.66. The highest BCUT2D eigenvalue weighted by molar-refractivity contribution is 5.98. The van der Waals surface area contributed by atoms with E-state index in [4.69, 9.17) is 0 Å². The minimum atomic E-state index is -4.65. The van der Waals surface area contributed by atoms with Gasteiger partial charge < -0.3 is 26.0 Å². The van der Waals surface area contributed by atoms with Crippen molar-refractivity contribution in [3.05, 3.63) is 70.7 Å². The number of hydrogen-bond acceptors (Lipinski definition) is 4. The highest BCUT2D eigenvalue weighted by Crippen LogP contribution is 2.40. The smallest absolute Gasteiger partial charge is 0.418 e. The van der Waals surface area contributed by atoms with E-state index in [2.05, 4.69) is 20.9 Å². The summed E-state index contributed by atoms with van der Waals surface area (Å²) in [6.45, 7) is 6.95. The predicted molar refractivity (Wildman–Crippen MR) is 167 cm³/mol. The average molecular weight is 661 g/mol. The van der Waals surface area contributed by atoms with Gasteiger partial charge in [-0.1, -0.05) is 70.9 Å². The largest absolute Gasteiger partial charge is 0.480 e. The van der Waals surface area contributed by atoms with Crippen LogP contribution in [0.1, 0.15) is 69.3 Å². The number of halogens is 4. The molecule has 1 heterocycles. The summed E-state index contributed by atoms with van der Waals surface area (Å²) in [5.41, 5.74) is -1.79. The molecule has 0 saturated heterocycles. The van der Waals surface area contributed by atoms with Crippen molar-refractivity contribution in [2.75, 3.05) is 0 Å². The third-order valence-corrected chi connectivity index (χ3v) is 9.30. The molecule has 0 bridgehead atoms.